The van der Waals surface area contributed by atoms with Crippen LogP contribution in [0.5, 0.6) is 0 Å². The number of nitrogen functional groups attached to an aromatic ring is 1. The van der Waals surface area contributed by atoms with Crippen molar-refractivity contribution >= 4 is 11.4 Å². The fraction of sp³-hybridized carbons (Fsp3) is 0.500. The molecule has 0 atom stereocenters. The zero-order chi connectivity index (χ0) is 11.3. The highest BCUT2D eigenvalue weighted by Crippen LogP contribution is 2.19. The molecule has 0 saturated heterocycles. The first-order valence-electron chi connectivity index (χ1n) is 5.37. The minimum Gasteiger partial charge on any atom is -0.398 e. The molecule has 0 heterocycles. The van der Waals surface area contributed by atoms with Crippen LogP contribution in [0.2, 0.25) is 0 Å². The van der Waals surface area contributed by atoms with E-state index in [1.165, 1.54) is 5.69 Å². The monoisotopic (exact) mass is 207 g/mol. The summed E-state index contributed by atoms with van der Waals surface area (Å²) in [5, 5.41) is 3.14. The van der Waals surface area contributed by atoms with E-state index in [-0.39, 0.29) is 0 Å². The third-order valence-electron chi connectivity index (χ3n) is 2.62. The molecule has 0 bridgehead atoms. The van der Waals surface area contributed by atoms with E-state index < -0.39 is 0 Å². The van der Waals surface area contributed by atoms with Crippen LogP contribution in [0.25, 0.3) is 0 Å². The van der Waals surface area contributed by atoms with Crippen molar-refractivity contribution in [1.29, 1.82) is 0 Å². The Balaban J connectivity index is 2.57. The molecule has 0 amide bonds. The Morgan fingerprint density at radius 1 is 1.40 bits per heavy atom. The predicted molar refractivity (Wildman–Crippen MR) is 67.4 cm³/mol. The fourth-order valence-corrected chi connectivity index (χ4v) is 1.49. The number of benzene rings is 1. The Hall–Kier alpha value is -1.22. The van der Waals surface area contributed by atoms with E-state index in [1.54, 1.807) is 0 Å². The van der Waals surface area contributed by atoms with Crippen LogP contribution in [0.3, 0.4) is 0 Å². The average molecular weight is 207 g/mol. The summed E-state index contributed by atoms with van der Waals surface area (Å²) < 4.78 is 0. The third-order valence-corrected chi connectivity index (χ3v) is 2.62. The van der Waals surface area contributed by atoms with E-state index >= 15 is 0 Å². The normalized spacial score (nSPS) is 10.3. The van der Waals surface area contributed by atoms with Gasteiger partial charge in [0, 0.05) is 25.0 Å². The van der Waals surface area contributed by atoms with Gasteiger partial charge in [-0.1, -0.05) is 6.07 Å². The molecule has 1 aromatic carbocycles. The number of anilines is 2. The molecule has 0 aromatic heterocycles. The molecule has 0 aliphatic heterocycles. The highest BCUT2D eigenvalue weighted by molar-refractivity contribution is 5.59. The highest BCUT2D eigenvalue weighted by Gasteiger charge is 2.01. The van der Waals surface area contributed by atoms with Crippen LogP contribution in [0, 0.1) is 6.92 Å². The number of nitrogens with zero attached hydrogens (tertiary/aromatic N) is 1. The number of hydrogen-bond donors (Lipinski definition) is 2. The van der Waals surface area contributed by atoms with E-state index in [2.05, 4.69) is 29.4 Å². The minimum absolute atomic E-state index is 0.868. The summed E-state index contributed by atoms with van der Waals surface area (Å²) >= 11 is 0. The highest BCUT2D eigenvalue weighted by atomic mass is 15.1. The molecule has 0 aliphatic carbocycles. The van der Waals surface area contributed by atoms with Crippen LogP contribution in [-0.2, 0) is 0 Å². The molecule has 0 radical (unpaired) electrons. The second kappa shape index (κ2) is 5.61. The lowest BCUT2D eigenvalue weighted by molar-refractivity contribution is 0.713. The summed E-state index contributed by atoms with van der Waals surface area (Å²) in [5.41, 5.74) is 9.07. The lowest BCUT2D eigenvalue weighted by Gasteiger charge is -2.20. The Morgan fingerprint density at radius 2 is 2.13 bits per heavy atom. The van der Waals surface area contributed by atoms with E-state index in [4.69, 9.17) is 5.73 Å². The lowest BCUT2D eigenvalue weighted by atomic mass is 10.2. The van der Waals surface area contributed by atoms with Crippen molar-refractivity contribution in [3.63, 3.8) is 0 Å². The molecule has 0 saturated carbocycles. The second-order valence-corrected chi connectivity index (χ2v) is 3.92. The largest absolute Gasteiger partial charge is 0.398 e. The molecular formula is C12H21N3. The molecule has 1 rings (SSSR count). The average Bonchev–Trinajstić information content (AvgIpc) is 2.22. The molecule has 3 heteroatoms. The maximum absolute atomic E-state index is 5.87. The Labute approximate surface area is 92.3 Å². The van der Waals surface area contributed by atoms with Gasteiger partial charge in [-0.3, -0.25) is 0 Å². The van der Waals surface area contributed by atoms with Gasteiger partial charge in [0.05, 0.1) is 0 Å². The molecule has 15 heavy (non-hydrogen) atoms. The zero-order valence-electron chi connectivity index (χ0n) is 9.88. The lowest BCUT2D eigenvalue weighted by Crippen LogP contribution is -2.22. The minimum atomic E-state index is 0.868. The van der Waals surface area contributed by atoms with Gasteiger partial charge in [0.15, 0.2) is 0 Å². The van der Waals surface area contributed by atoms with Crippen LogP contribution in [0.4, 0.5) is 11.4 Å². The molecular weight excluding hydrogens is 186 g/mol. The summed E-state index contributed by atoms with van der Waals surface area (Å²) in [4.78, 5) is 2.23. The van der Waals surface area contributed by atoms with E-state index in [0.29, 0.717) is 0 Å². The molecule has 0 aliphatic rings. The van der Waals surface area contributed by atoms with Gasteiger partial charge < -0.3 is 16.0 Å². The molecule has 3 N–H and O–H groups in total. The van der Waals surface area contributed by atoms with Crippen LogP contribution in [-0.4, -0.2) is 27.2 Å². The van der Waals surface area contributed by atoms with Crippen molar-refractivity contribution in [2.75, 3.05) is 37.8 Å². The van der Waals surface area contributed by atoms with Gasteiger partial charge in [-0.2, -0.15) is 0 Å². The van der Waals surface area contributed by atoms with Crippen molar-refractivity contribution in [2.45, 2.75) is 13.3 Å². The number of nitrogens with two attached hydrogens (primary N) is 1. The summed E-state index contributed by atoms with van der Waals surface area (Å²) in [6.45, 7) is 4.12. The SMILES string of the molecule is CNCCCN(C)c1ccc(C)c(N)c1. The first kappa shape index (κ1) is 11.9. The van der Waals surface area contributed by atoms with Gasteiger partial charge in [0.25, 0.3) is 0 Å². The summed E-state index contributed by atoms with van der Waals surface area (Å²) in [6.07, 6.45) is 1.14. The van der Waals surface area contributed by atoms with Gasteiger partial charge in [0.1, 0.15) is 0 Å². The topological polar surface area (TPSA) is 41.3 Å². The van der Waals surface area contributed by atoms with Crippen LogP contribution in [0.15, 0.2) is 18.2 Å². The fourth-order valence-electron chi connectivity index (χ4n) is 1.49. The van der Waals surface area contributed by atoms with Crippen molar-refractivity contribution in [2.24, 2.45) is 0 Å². The number of aryl methyl sites for hydroxylation is 1. The molecule has 0 fully saturated rings. The van der Waals surface area contributed by atoms with Gasteiger partial charge in [-0.25, -0.2) is 0 Å². The van der Waals surface area contributed by atoms with Crippen LogP contribution < -0.4 is 16.0 Å². The maximum atomic E-state index is 5.87. The molecule has 3 nitrogen and oxygen atoms in total. The van der Waals surface area contributed by atoms with Crippen molar-refractivity contribution in [3.8, 4) is 0 Å². The predicted octanol–water partition coefficient (Wildman–Crippen LogP) is 1.62. The first-order chi connectivity index (χ1) is 7.15. The smallest absolute Gasteiger partial charge is 0.0384 e. The van der Waals surface area contributed by atoms with Gasteiger partial charge >= 0.3 is 0 Å². The van der Waals surface area contributed by atoms with Gasteiger partial charge in [0.2, 0.25) is 0 Å². The summed E-state index contributed by atoms with van der Waals surface area (Å²) in [6, 6.07) is 6.22. The van der Waals surface area contributed by atoms with Crippen molar-refractivity contribution in [3.05, 3.63) is 23.8 Å². The number of hydrogen-bond acceptors (Lipinski definition) is 3. The Morgan fingerprint density at radius 3 is 2.73 bits per heavy atom. The standard InChI is InChI=1S/C12H21N3/c1-10-5-6-11(9-12(10)13)15(3)8-4-7-14-2/h5-6,9,14H,4,7-8,13H2,1-3H3. The summed E-state index contributed by atoms with van der Waals surface area (Å²) in [7, 11) is 4.07. The Kier molecular flexibility index (Phi) is 4.43. The maximum Gasteiger partial charge on any atom is 0.0384 e. The molecule has 0 unspecified atom stereocenters. The molecule has 1 aromatic rings. The zero-order valence-corrected chi connectivity index (χ0v) is 9.88. The van der Waals surface area contributed by atoms with Crippen molar-refractivity contribution < 1.29 is 0 Å². The quantitative estimate of drug-likeness (QED) is 0.569. The van der Waals surface area contributed by atoms with Crippen molar-refractivity contribution in [1.82, 2.24) is 5.32 Å². The number of rotatable bonds is 5. The molecule has 84 valence electrons. The van der Waals surface area contributed by atoms with Gasteiger partial charge in [-0.05, 0) is 44.6 Å². The molecule has 0 spiro atoms. The van der Waals surface area contributed by atoms with Crippen LogP contribution >= 0.6 is 0 Å². The Bertz CT molecular complexity index is 310. The van der Waals surface area contributed by atoms with E-state index in [1.807, 2.05) is 20.0 Å². The second-order valence-electron chi connectivity index (χ2n) is 3.92. The first-order valence-corrected chi connectivity index (χ1v) is 5.37. The van der Waals surface area contributed by atoms with Crippen LogP contribution in [0.1, 0.15) is 12.0 Å². The van der Waals surface area contributed by atoms with Gasteiger partial charge in [-0.15, -0.1) is 0 Å². The third kappa shape index (κ3) is 3.44. The number of nitrogens with one attached hydrogen (secondary N) is 1. The van der Waals surface area contributed by atoms with E-state index in [9.17, 15) is 0 Å². The van der Waals surface area contributed by atoms with E-state index in [0.717, 1.165) is 30.8 Å². The summed E-state index contributed by atoms with van der Waals surface area (Å²) in [5.74, 6) is 0.